The van der Waals surface area contributed by atoms with Gasteiger partial charge in [-0.05, 0) is 32.9 Å². The van der Waals surface area contributed by atoms with Crippen molar-refractivity contribution in [3.05, 3.63) is 18.2 Å². The Kier molecular flexibility index (Phi) is 12.9. The van der Waals surface area contributed by atoms with Crippen molar-refractivity contribution in [1.29, 1.82) is 0 Å². The molecule has 0 saturated heterocycles. The Labute approximate surface area is 133 Å². The maximum atomic E-state index is 11.5. The summed E-state index contributed by atoms with van der Waals surface area (Å²) in [5.74, 6) is 1.56. The monoisotopic (exact) mass is 324 g/mol. The van der Waals surface area contributed by atoms with Crippen molar-refractivity contribution in [3.63, 3.8) is 0 Å². The summed E-state index contributed by atoms with van der Waals surface area (Å²) in [6.45, 7) is 6.62. The van der Waals surface area contributed by atoms with E-state index in [-0.39, 0.29) is 30.7 Å². The molecular formula is C13H26Cl2N4O. The van der Waals surface area contributed by atoms with Gasteiger partial charge in [0.2, 0.25) is 5.91 Å². The van der Waals surface area contributed by atoms with E-state index in [1.807, 2.05) is 20.2 Å². The highest BCUT2D eigenvalue weighted by Crippen LogP contribution is 2.02. The average Bonchev–Trinajstić information content (AvgIpc) is 2.73. The molecule has 0 aromatic carbocycles. The van der Waals surface area contributed by atoms with Gasteiger partial charge in [0.1, 0.15) is 5.82 Å². The van der Waals surface area contributed by atoms with Gasteiger partial charge in [-0.3, -0.25) is 4.79 Å². The Morgan fingerprint density at radius 3 is 2.70 bits per heavy atom. The van der Waals surface area contributed by atoms with Gasteiger partial charge in [-0.25, -0.2) is 4.98 Å². The summed E-state index contributed by atoms with van der Waals surface area (Å²) < 4.78 is 2.11. The summed E-state index contributed by atoms with van der Waals surface area (Å²) in [5, 5.41) is 6.01. The van der Waals surface area contributed by atoms with E-state index in [0.717, 1.165) is 31.9 Å². The van der Waals surface area contributed by atoms with Crippen LogP contribution in [0.2, 0.25) is 0 Å². The van der Waals surface area contributed by atoms with E-state index in [1.54, 1.807) is 6.20 Å². The quantitative estimate of drug-likeness (QED) is 0.717. The van der Waals surface area contributed by atoms with Gasteiger partial charge in [-0.15, -0.1) is 24.8 Å². The van der Waals surface area contributed by atoms with Crippen LogP contribution in [0.5, 0.6) is 0 Å². The normalized spacial score (nSPS) is 11.2. The smallest absolute Gasteiger partial charge is 0.220 e. The lowest BCUT2D eigenvalue weighted by atomic mass is 10.1. The number of nitrogens with one attached hydrogen (secondary N) is 2. The van der Waals surface area contributed by atoms with Crippen LogP contribution in [0.4, 0.5) is 0 Å². The lowest BCUT2D eigenvalue weighted by Gasteiger charge is -2.14. The summed E-state index contributed by atoms with van der Waals surface area (Å²) in [6, 6.07) is 0. The van der Waals surface area contributed by atoms with Crippen molar-refractivity contribution in [2.45, 2.75) is 33.2 Å². The molecule has 0 bridgehead atoms. The molecule has 0 aliphatic heterocycles. The van der Waals surface area contributed by atoms with Crippen molar-refractivity contribution in [2.75, 3.05) is 20.1 Å². The van der Waals surface area contributed by atoms with E-state index in [4.69, 9.17) is 0 Å². The molecule has 0 spiro atoms. The molecule has 7 heteroatoms. The summed E-state index contributed by atoms with van der Waals surface area (Å²) in [5.41, 5.74) is 0. The van der Waals surface area contributed by atoms with E-state index in [9.17, 15) is 4.79 Å². The lowest BCUT2D eigenvalue weighted by molar-refractivity contribution is -0.121. The van der Waals surface area contributed by atoms with Gasteiger partial charge < -0.3 is 15.2 Å². The van der Waals surface area contributed by atoms with E-state index in [2.05, 4.69) is 27.1 Å². The Bertz CT molecular complexity index is 371. The molecule has 0 fully saturated rings. The molecule has 20 heavy (non-hydrogen) atoms. The number of carbonyl (C=O) groups is 1. The fraction of sp³-hybridized carbons (Fsp3) is 0.692. The lowest BCUT2D eigenvalue weighted by Crippen LogP contribution is -2.30. The first-order valence-corrected chi connectivity index (χ1v) is 6.52. The van der Waals surface area contributed by atoms with Gasteiger partial charge >= 0.3 is 0 Å². The van der Waals surface area contributed by atoms with Crippen molar-refractivity contribution >= 4 is 30.7 Å². The minimum absolute atomic E-state index is 0. The number of amides is 1. The number of aryl methyl sites for hydroxylation is 1. The average molecular weight is 325 g/mol. The molecule has 0 aliphatic carbocycles. The van der Waals surface area contributed by atoms with E-state index in [0.29, 0.717) is 12.3 Å². The van der Waals surface area contributed by atoms with Crippen molar-refractivity contribution < 1.29 is 4.79 Å². The van der Waals surface area contributed by atoms with Crippen molar-refractivity contribution in [2.24, 2.45) is 5.92 Å². The van der Waals surface area contributed by atoms with Crippen LogP contribution in [-0.2, 0) is 11.3 Å². The van der Waals surface area contributed by atoms with Gasteiger partial charge in [0.05, 0.1) is 0 Å². The zero-order valence-electron chi connectivity index (χ0n) is 12.4. The standard InChI is InChI=1S/C13H24N4O.2ClH/c1-11(10-17-8-7-15-12(17)2)9-16-13(18)5-4-6-14-3;;/h7-8,11,14H,4-6,9-10H2,1-3H3,(H,16,18);2*1H. The second kappa shape index (κ2) is 12.0. The molecule has 1 unspecified atom stereocenters. The van der Waals surface area contributed by atoms with Crippen LogP contribution in [0, 0.1) is 12.8 Å². The highest BCUT2D eigenvalue weighted by molar-refractivity contribution is 5.85. The van der Waals surface area contributed by atoms with Crippen LogP contribution in [0.25, 0.3) is 0 Å². The molecule has 5 nitrogen and oxygen atoms in total. The topological polar surface area (TPSA) is 59.0 Å². The van der Waals surface area contributed by atoms with Crippen LogP contribution < -0.4 is 10.6 Å². The minimum Gasteiger partial charge on any atom is -0.356 e. The molecule has 0 radical (unpaired) electrons. The number of nitrogens with zero attached hydrogens (tertiary/aromatic N) is 2. The van der Waals surface area contributed by atoms with E-state index in [1.165, 1.54) is 0 Å². The number of imidazole rings is 1. The van der Waals surface area contributed by atoms with Gasteiger partial charge in [-0.2, -0.15) is 0 Å². The van der Waals surface area contributed by atoms with Crippen LogP contribution in [0.3, 0.4) is 0 Å². The minimum atomic E-state index is 0. The first kappa shape index (κ1) is 21.5. The van der Waals surface area contributed by atoms with E-state index >= 15 is 0 Å². The molecule has 2 N–H and O–H groups in total. The molecule has 1 aromatic heterocycles. The molecule has 1 amide bonds. The van der Waals surface area contributed by atoms with Crippen LogP contribution >= 0.6 is 24.8 Å². The number of rotatable bonds is 8. The Balaban J connectivity index is 0. The van der Waals surface area contributed by atoms with Crippen LogP contribution in [0.1, 0.15) is 25.6 Å². The molecule has 1 rings (SSSR count). The van der Waals surface area contributed by atoms with Gasteiger partial charge in [-0.1, -0.05) is 6.92 Å². The molecule has 118 valence electrons. The highest BCUT2D eigenvalue weighted by Gasteiger charge is 2.07. The molecule has 1 atom stereocenters. The van der Waals surface area contributed by atoms with Crippen LogP contribution in [0.15, 0.2) is 12.4 Å². The van der Waals surface area contributed by atoms with Gasteiger partial charge in [0.15, 0.2) is 0 Å². The predicted octanol–water partition coefficient (Wildman–Crippen LogP) is 1.79. The first-order valence-electron chi connectivity index (χ1n) is 6.52. The van der Waals surface area contributed by atoms with E-state index < -0.39 is 0 Å². The SMILES string of the molecule is CNCCCC(=O)NCC(C)Cn1ccnc1C.Cl.Cl. The van der Waals surface area contributed by atoms with Gasteiger partial charge in [0.25, 0.3) is 0 Å². The number of carbonyl (C=O) groups excluding carboxylic acids is 1. The van der Waals surface area contributed by atoms with Gasteiger partial charge in [0, 0.05) is 31.9 Å². The maximum absolute atomic E-state index is 11.5. The fourth-order valence-electron chi connectivity index (χ4n) is 1.80. The maximum Gasteiger partial charge on any atom is 0.220 e. The molecule has 0 saturated carbocycles. The summed E-state index contributed by atoms with van der Waals surface area (Å²) >= 11 is 0. The largest absolute Gasteiger partial charge is 0.356 e. The Morgan fingerprint density at radius 2 is 2.15 bits per heavy atom. The zero-order chi connectivity index (χ0) is 13.4. The summed E-state index contributed by atoms with van der Waals surface area (Å²) in [4.78, 5) is 15.7. The third kappa shape index (κ3) is 8.40. The second-order valence-electron chi connectivity index (χ2n) is 4.74. The Hall–Kier alpha value is -0.780. The molecule has 1 aromatic rings. The number of hydrogen-bond acceptors (Lipinski definition) is 3. The number of hydrogen-bond donors (Lipinski definition) is 2. The van der Waals surface area contributed by atoms with Crippen molar-refractivity contribution in [3.8, 4) is 0 Å². The second-order valence-corrected chi connectivity index (χ2v) is 4.74. The zero-order valence-corrected chi connectivity index (χ0v) is 14.0. The highest BCUT2D eigenvalue weighted by atomic mass is 35.5. The van der Waals surface area contributed by atoms with Crippen molar-refractivity contribution in [1.82, 2.24) is 20.2 Å². The number of aromatic nitrogens is 2. The Morgan fingerprint density at radius 1 is 1.45 bits per heavy atom. The number of halogens is 2. The third-order valence-corrected chi connectivity index (χ3v) is 2.91. The predicted molar refractivity (Wildman–Crippen MR) is 86.8 cm³/mol. The van der Waals surface area contributed by atoms with Crippen LogP contribution in [-0.4, -0.2) is 35.6 Å². The fourth-order valence-corrected chi connectivity index (χ4v) is 1.80. The molecule has 1 heterocycles. The molecular weight excluding hydrogens is 299 g/mol. The summed E-state index contributed by atoms with van der Waals surface area (Å²) in [6.07, 6.45) is 5.26. The summed E-state index contributed by atoms with van der Waals surface area (Å²) in [7, 11) is 1.90. The third-order valence-electron chi connectivity index (χ3n) is 2.91. The first-order chi connectivity index (χ1) is 8.63. The molecule has 0 aliphatic rings.